The zero-order chi connectivity index (χ0) is 28.6. The Morgan fingerprint density at radius 2 is 1.73 bits per heavy atom. The second-order valence-corrected chi connectivity index (χ2v) is 10.6. The molecule has 0 unspecified atom stereocenters. The monoisotopic (exact) mass is 546 g/mol. The van der Waals surface area contributed by atoms with Crippen LogP contribution in [0.5, 0.6) is 0 Å². The van der Waals surface area contributed by atoms with Crippen LogP contribution in [-0.4, -0.2) is 44.2 Å². The van der Waals surface area contributed by atoms with Gasteiger partial charge in [-0.2, -0.15) is 0 Å². The number of carbonyl (C=O) groups excluding carboxylic acids is 2. The fourth-order valence-corrected chi connectivity index (χ4v) is 4.65. The Balaban J connectivity index is 1.67. The number of halogens is 1. The molecule has 210 valence electrons. The Kier molecular flexibility index (Phi) is 9.26. The molecule has 2 heterocycles. The highest BCUT2D eigenvalue weighted by Gasteiger charge is 2.46. The van der Waals surface area contributed by atoms with E-state index in [0.29, 0.717) is 36.1 Å². The number of amides is 2. The molecule has 0 saturated heterocycles. The first-order valence-electron chi connectivity index (χ1n) is 13.4. The molecule has 0 bridgehead atoms. The minimum absolute atomic E-state index is 0.0142. The quantitative estimate of drug-likeness (QED) is 0.205. The molecule has 40 heavy (non-hydrogen) atoms. The number of aliphatic hydroxyl groups excluding tert-OH is 1. The van der Waals surface area contributed by atoms with Crippen molar-refractivity contribution < 1.29 is 23.5 Å². The molecule has 0 spiro atoms. The van der Waals surface area contributed by atoms with E-state index in [1.807, 2.05) is 36.4 Å². The average molecular weight is 547 g/mol. The van der Waals surface area contributed by atoms with Crippen LogP contribution in [0.4, 0.5) is 4.39 Å². The number of fused-ring (bicyclic) bond motifs is 1. The summed E-state index contributed by atoms with van der Waals surface area (Å²) >= 11 is 0. The highest BCUT2D eigenvalue weighted by atomic mass is 19.1. The van der Waals surface area contributed by atoms with Crippen molar-refractivity contribution in [1.82, 2.24) is 20.6 Å². The van der Waals surface area contributed by atoms with E-state index in [0.717, 1.165) is 5.56 Å². The number of hydrogen-bond acceptors (Lipinski definition) is 6. The number of benzene rings is 2. The molecule has 3 N–H and O–H groups in total. The number of furan rings is 1. The normalized spacial score (nSPS) is 13.9. The lowest BCUT2D eigenvalue weighted by molar-refractivity contribution is -0.132. The van der Waals surface area contributed by atoms with Gasteiger partial charge in [-0.25, -0.2) is 9.37 Å². The summed E-state index contributed by atoms with van der Waals surface area (Å²) in [5.74, 6) is -0.701. The largest absolute Gasteiger partial charge is 0.467 e. The maximum atomic E-state index is 14.1. The summed E-state index contributed by atoms with van der Waals surface area (Å²) in [4.78, 5) is 36.3. The number of carbonyl (C=O) groups is 2. The van der Waals surface area contributed by atoms with E-state index in [1.165, 1.54) is 26.3 Å². The third-order valence-electron chi connectivity index (χ3n) is 6.82. The molecular weight excluding hydrogens is 511 g/mol. The van der Waals surface area contributed by atoms with Crippen molar-refractivity contribution in [1.29, 1.82) is 0 Å². The van der Waals surface area contributed by atoms with E-state index in [-0.39, 0.29) is 25.1 Å². The summed E-state index contributed by atoms with van der Waals surface area (Å²) in [5.41, 5.74) is -1.19. The van der Waals surface area contributed by atoms with Gasteiger partial charge in [0.1, 0.15) is 22.7 Å². The van der Waals surface area contributed by atoms with Gasteiger partial charge in [0.15, 0.2) is 0 Å². The minimum Gasteiger partial charge on any atom is -0.467 e. The molecule has 0 radical (unpaired) electrons. The second-order valence-electron chi connectivity index (χ2n) is 10.6. The Labute approximate surface area is 233 Å². The van der Waals surface area contributed by atoms with Gasteiger partial charge in [0.05, 0.1) is 36.1 Å². The highest BCUT2D eigenvalue weighted by Crippen LogP contribution is 2.26. The van der Waals surface area contributed by atoms with Crippen LogP contribution in [0.2, 0.25) is 0 Å². The number of hydrogen-bond donors (Lipinski definition) is 3. The Morgan fingerprint density at radius 1 is 1.00 bits per heavy atom. The van der Waals surface area contributed by atoms with Gasteiger partial charge in [0.2, 0.25) is 5.91 Å². The lowest BCUT2D eigenvalue weighted by Crippen LogP contribution is -2.66. The van der Waals surface area contributed by atoms with E-state index >= 15 is 0 Å². The molecule has 2 aromatic carbocycles. The molecule has 4 rings (SSSR count). The standard InChI is InChI=1S/C31H35FN4O4/c1-30(2,32)17-9-8-16-27(37)31(19-22-11-4-3-5-12-22,29(39)34-20-23-13-10-18-40-23)36-28(38)26-21-33-24-14-6-7-15-25(24)35-26/h3-7,10-15,18,21,27,37H,8-9,16-17,19-20H2,1-2H3,(H,34,39)(H,36,38)/t27-,31-/m0/s1. The topological polar surface area (TPSA) is 117 Å². The third kappa shape index (κ3) is 7.51. The SMILES string of the molecule is CC(C)(F)CCCC[C@H](O)[C@](Cc1ccccc1)(NC(=O)c1cnc2ccccc2n1)C(=O)NCc1ccco1. The maximum absolute atomic E-state index is 14.1. The zero-order valence-corrected chi connectivity index (χ0v) is 22.8. The molecule has 0 aliphatic heterocycles. The summed E-state index contributed by atoms with van der Waals surface area (Å²) in [7, 11) is 0. The summed E-state index contributed by atoms with van der Waals surface area (Å²) < 4.78 is 19.4. The van der Waals surface area contributed by atoms with E-state index in [1.54, 1.807) is 30.3 Å². The summed E-state index contributed by atoms with van der Waals surface area (Å²) in [6.45, 7) is 3.09. The molecule has 4 aromatic rings. The summed E-state index contributed by atoms with van der Waals surface area (Å²) in [5, 5.41) is 17.3. The smallest absolute Gasteiger partial charge is 0.272 e. The van der Waals surface area contributed by atoms with Gasteiger partial charge in [0, 0.05) is 6.42 Å². The molecule has 0 saturated carbocycles. The van der Waals surface area contributed by atoms with E-state index in [4.69, 9.17) is 4.42 Å². The summed E-state index contributed by atoms with van der Waals surface area (Å²) in [6.07, 6.45) is 3.03. The predicted octanol–water partition coefficient (Wildman–Crippen LogP) is 4.92. The lowest BCUT2D eigenvalue weighted by Gasteiger charge is -2.38. The van der Waals surface area contributed by atoms with Crippen LogP contribution >= 0.6 is 0 Å². The van der Waals surface area contributed by atoms with E-state index < -0.39 is 29.1 Å². The number of nitrogens with one attached hydrogen (secondary N) is 2. The second kappa shape index (κ2) is 12.8. The van der Waals surface area contributed by atoms with Gasteiger partial charge < -0.3 is 20.2 Å². The number of nitrogens with zero attached hydrogens (tertiary/aromatic N) is 2. The van der Waals surface area contributed by atoms with Crippen molar-refractivity contribution in [2.24, 2.45) is 0 Å². The minimum atomic E-state index is -1.76. The van der Waals surface area contributed by atoms with Gasteiger partial charge in [-0.15, -0.1) is 0 Å². The number of aliphatic hydroxyl groups is 1. The first kappa shape index (κ1) is 28.9. The molecular formula is C31H35FN4O4. The Morgan fingerprint density at radius 3 is 2.42 bits per heavy atom. The van der Waals surface area contributed by atoms with E-state index in [9.17, 15) is 19.1 Å². The summed E-state index contributed by atoms with van der Waals surface area (Å²) in [6, 6.07) is 19.7. The molecule has 2 aromatic heterocycles. The van der Waals surface area contributed by atoms with E-state index in [2.05, 4.69) is 20.6 Å². The van der Waals surface area contributed by atoms with Crippen LogP contribution in [0.1, 0.15) is 61.3 Å². The number of aromatic nitrogens is 2. The van der Waals surface area contributed by atoms with Crippen LogP contribution < -0.4 is 10.6 Å². The van der Waals surface area contributed by atoms with Crippen molar-refractivity contribution in [3.8, 4) is 0 Å². The molecule has 0 aliphatic rings. The number of rotatable bonds is 13. The van der Waals surface area contributed by atoms with Crippen molar-refractivity contribution in [2.45, 2.75) is 69.8 Å². The van der Waals surface area contributed by atoms with Gasteiger partial charge in [-0.1, -0.05) is 55.3 Å². The number of para-hydroxylation sites is 2. The van der Waals surface area contributed by atoms with Crippen molar-refractivity contribution in [3.05, 3.63) is 96.2 Å². The third-order valence-corrected chi connectivity index (χ3v) is 6.82. The molecule has 8 nitrogen and oxygen atoms in total. The molecule has 9 heteroatoms. The first-order valence-corrected chi connectivity index (χ1v) is 13.4. The number of alkyl halides is 1. The molecule has 2 atom stereocenters. The highest BCUT2D eigenvalue weighted by molar-refractivity contribution is 5.99. The van der Waals surface area contributed by atoms with Gasteiger partial charge in [-0.3, -0.25) is 14.6 Å². The lowest BCUT2D eigenvalue weighted by atomic mass is 9.81. The molecule has 0 aliphatic carbocycles. The molecule has 2 amide bonds. The Bertz CT molecular complexity index is 1410. The van der Waals surface area contributed by atoms with Gasteiger partial charge in [-0.05, 0) is 56.5 Å². The number of unbranched alkanes of at least 4 members (excludes halogenated alkanes) is 1. The zero-order valence-electron chi connectivity index (χ0n) is 22.8. The van der Waals surface area contributed by atoms with Crippen LogP contribution in [0.3, 0.4) is 0 Å². The van der Waals surface area contributed by atoms with Crippen molar-refractivity contribution >= 4 is 22.8 Å². The van der Waals surface area contributed by atoms with Crippen LogP contribution in [0, 0.1) is 0 Å². The van der Waals surface area contributed by atoms with Gasteiger partial charge >= 0.3 is 0 Å². The van der Waals surface area contributed by atoms with Crippen LogP contribution in [-0.2, 0) is 17.8 Å². The molecule has 0 fully saturated rings. The van der Waals surface area contributed by atoms with Gasteiger partial charge in [0.25, 0.3) is 5.91 Å². The first-order chi connectivity index (χ1) is 19.2. The predicted molar refractivity (Wildman–Crippen MR) is 150 cm³/mol. The fraction of sp³-hybridized carbons (Fsp3) is 0.355. The van der Waals surface area contributed by atoms with Crippen LogP contribution in [0.15, 0.2) is 83.6 Å². The van der Waals surface area contributed by atoms with Crippen LogP contribution in [0.25, 0.3) is 11.0 Å². The van der Waals surface area contributed by atoms with Crippen molar-refractivity contribution in [2.75, 3.05) is 0 Å². The average Bonchev–Trinajstić information content (AvgIpc) is 3.47. The Hall–Kier alpha value is -4.11. The fourth-order valence-electron chi connectivity index (χ4n) is 4.65. The van der Waals surface area contributed by atoms with Crippen molar-refractivity contribution in [3.63, 3.8) is 0 Å². The maximum Gasteiger partial charge on any atom is 0.272 e.